The van der Waals surface area contributed by atoms with Crippen molar-refractivity contribution in [3.05, 3.63) is 233 Å². The number of hydrogen-bond donors (Lipinski definition) is 0. The molecule has 0 atom stereocenters. The summed E-state index contributed by atoms with van der Waals surface area (Å²) in [6.45, 7) is 0. The third-order valence-electron chi connectivity index (χ3n) is 8.24. The Hall–Kier alpha value is -6.85. The van der Waals surface area contributed by atoms with Crippen LogP contribution < -0.4 is 0 Å². The third-order valence-corrected chi connectivity index (χ3v) is 8.24. The largest absolute Gasteiger partial charge is 3.00 e. The maximum atomic E-state index is 16.5. The molecule has 0 amide bonds. The standard InChI is InChI=1S/C57H41FN3O.Ir/c58-51-29-28-49-48-17-10-18-50(56(48)62-57(49)55(51)47-15-8-3-9-16-47)54-32-27-41(38-61-54)21-24-44-34-42(22-19-39-25-30-52(59-36-39)45-11-4-1-5-12-45)33-43(35-44)23-20-40-26-31-53(60-37-40)46-13-6-2-7-14-46;/h1-11,13,15-17,25-38H,19-24H2;/q-3;+3/i1D,2D,3D,4D,5D,6D,7D,8D,9D,10D,11D,13D,15D,16D,17D,19D2,20D2,21D2,22D2,23D2,24D2,25D,26D,27D,28D,29D,30D,31D,32D,33D,34D,36D,37D,38D;. The van der Waals surface area contributed by atoms with E-state index in [1.54, 1.807) is 0 Å². The van der Waals surface area contributed by atoms with Crippen molar-refractivity contribution < 1.29 is 83.7 Å². The number of benzene rings is 6. The van der Waals surface area contributed by atoms with E-state index in [1.165, 1.54) is 0 Å². The number of nitrogens with zero attached hydrogens (tertiary/aromatic N) is 3. The van der Waals surface area contributed by atoms with E-state index in [-0.39, 0.29) is 26.2 Å². The fourth-order valence-electron chi connectivity index (χ4n) is 5.52. The van der Waals surface area contributed by atoms with Gasteiger partial charge in [0.05, 0.1) is 35.8 Å². The maximum Gasteiger partial charge on any atom is 3.00 e. The van der Waals surface area contributed by atoms with E-state index in [1.807, 2.05) is 0 Å². The molecule has 0 saturated heterocycles. The van der Waals surface area contributed by atoms with Crippen molar-refractivity contribution in [1.29, 1.82) is 0 Å². The average Bonchev–Trinajstić information content (AvgIpc) is 1.19. The second kappa shape index (κ2) is 19.0. The van der Waals surface area contributed by atoms with Gasteiger partial charge >= 0.3 is 20.1 Å². The molecule has 0 aliphatic carbocycles. The molecule has 0 aliphatic rings. The first-order valence-corrected chi connectivity index (χ1v) is 17.5. The van der Waals surface area contributed by atoms with Crippen LogP contribution in [0, 0.1) is 24.0 Å². The quantitative estimate of drug-likeness (QED) is 0.108. The minimum atomic E-state index is -4.39. The molecule has 0 fully saturated rings. The first-order valence-electron chi connectivity index (χ1n) is 37.5. The molecular weight excluding hydrogens is 954 g/mol. The van der Waals surface area contributed by atoms with Gasteiger partial charge in [0.25, 0.3) is 0 Å². The van der Waals surface area contributed by atoms with Crippen LogP contribution in [0.15, 0.2) is 180 Å². The molecule has 10 rings (SSSR count). The van der Waals surface area contributed by atoms with Crippen molar-refractivity contribution in [1.82, 2.24) is 15.0 Å². The summed E-state index contributed by atoms with van der Waals surface area (Å²) >= 11 is 0. The SMILES string of the molecule is [2H]c1[c-]c(-c2nc([2H])c(C([2H])([2H])C([2H])([2H])c3cc(C([2H])([2H])C([2H])([2H])c4c([2H])nc(-c5[c-]c([2H])c([2H])c6c5oc5c(-c7c([2H])c([2H])c([2H])c([2H])c7[2H])c(F)c([2H])c([2H])c56)c([2H])c4[2H])c([2H])c(C([2H])([2H])C([2H])([2H])c4c([2H])nc(-c5[c-]c([2H])c([2H])c([2H])c5[2H])c([2H])c4[2H])c3[2H])c([2H])c2[2H])c([2H])c([2H])c1[2H].[Ir+3]. The Morgan fingerprint density at radius 1 is 0.492 bits per heavy atom. The molecule has 6 aromatic carbocycles. The number of rotatable bonds is 13. The van der Waals surface area contributed by atoms with Crippen LogP contribution in [0.4, 0.5) is 4.39 Å². The molecule has 4 heterocycles. The molecule has 4 nitrogen and oxygen atoms in total. The number of furan rings is 1. The zero-order chi connectivity index (χ0) is 76.8. The van der Waals surface area contributed by atoms with Gasteiger partial charge in [0.15, 0.2) is 0 Å². The van der Waals surface area contributed by atoms with Gasteiger partial charge in [-0.2, -0.15) is 0 Å². The van der Waals surface area contributed by atoms with Crippen molar-refractivity contribution in [3.63, 3.8) is 0 Å². The van der Waals surface area contributed by atoms with Crippen LogP contribution in [-0.4, -0.2) is 15.0 Å². The van der Waals surface area contributed by atoms with Crippen molar-refractivity contribution >= 4 is 21.9 Å². The van der Waals surface area contributed by atoms with Gasteiger partial charge in [-0.1, -0.05) is 95.6 Å². The molecule has 306 valence electrons. The second-order valence-corrected chi connectivity index (χ2v) is 12.1. The molecule has 6 heteroatoms. The van der Waals surface area contributed by atoms with Gasteiger partial charge in [0.2, 0.25) is 0 Å². The summed E-state index contributed by atoms with van der Waals surface area (Å²) in [4.78, 5) is 11.4. The van der Waals surface area contributed by atoms with Gasteiger partial charge < -0.3 is 19.4 Å². The topological polar surface area (TPSA) is 51.8 Å². The van der Waals surface area contributed by atoms with Crippen LogP contribution in [0.3, 0.4) is 0 Å². The molecule has 4 aromatic heterocycles. The molecule has 0 N–H and O–H groups in total. The van der Waals surface area contributed by atoms with Gasteiger partial charge in [-0.3, -0.25) is 0 Å². The molecule has 63 heavy (non-hydrogen) atoms. The maximum absolute atomic E-state index is 16.5. The van der Waals surface area contributed by atoms with E-state index >= 15 is 4.39 Å². The summed E-state index contributed by atoms with van der Waals surface area (Å²) in [6.07, 6.45) is -30.2. The summed E-state index contributed by atoms with van der Waals surface area (Å²) in [7, 11) is 0. The first-order chi connectivity index (χ1) is 46.8. The average molecular weight is 1040 g/mol. The number of hydrogen-bond acceptors (Lipinski definition) is 4. The third kappa shape index (κ3) is 9.34. The van der Waals surface area contributed by atoms with E-state index in [9.17, 15) is 23.3 Å². The summed E-state index contributed by atoms with van der Waals surface area (Å²) in [6, 6.07) is -21.5. The van der Waals surface area contributed by atoms with E-state index < -0.39 is 314 Å². The smallest absolute Gasteiger partial charge is 0.500 e. The fourth-order valence-corrected chi connectivity index (χ4v) is 5.52. The summed E-state index contributed by atoms with van der Waals surface area (Å²) in [5, 5.41) is -1.38. The minimum Gasteiger partial charge on any atom is -0.500 e. The Kier molecular flexibility index (Phi) is 4.76. The van der Waals surface area contributed by atoms with E-state index in [4.69, 9.17) is 35.9 Å². The number of pyridine rings is 3. The molecular formula is C57H41FIrN3O. The molecule has 0 bridgehead atoms. The molecule has 0 unspecified atom stereocenters. The normalized spacial score (nSPS) is 21.6. The minimum absolute atomic E-state index is 0. The van der Waals surface area contributed by atoms with Crippen LogP contribution in [-0.2, 0) is 58.3 Å². The van der Waals surface area contributed by atoms with Gasteiger partial charge in [-0.15, -0.1) is 89.8 Å². The molecule has 10 aromatic rings. The number of aryl methyl sites for hydroxylation is 2. The Bertz CT molecular complexity index is 5360. The van der Waals surface area contributed by atoms with E-state index in [2.05, 4.69) is 33.2 Å². The molecule has 0 aliphatic heterocycles. The van der Waals surface area contributed by atoms with Gasteiger partial charge in [0, 0.05) is 47.2 Å². The Morgan fingerprint density at radius 3 is 1.63 bits per heavy atom. The van der Waals surface area contributed by atoms with Crippen LogP contribution >= 0.6 is 0 Å². The summed E-state index contributed by atoms with van der Waals surface area (Å²) in [5.41, 5.74) is -18.9. The van der Waals surface area contributed by atoms with Crippen LogP contribution in [0.5, 0.6) is 0 Å². The predicted molar refractivity (Wildman–Crippen MR) is 247 cm³/mol. The zero-order valence-electron chi connectivity index (χ0n) is 71.0. The van der Waals surface area contributed by atoms with Crippen molar-refractivity contribution in [2.24, 2.45) is 0 Å². The van der Waals surface area contributed by atoms with Crippen molar-refractivity contribution in [2.75, 3.05) is 0 Å². The molecule has 0 spiro atoms. The van der Waals surface area contributed by atoms with Gasteiger partial charge in [-0.05, 0) is 113 Å². The van der Waals surface area contributed by atoms with Crippen molar-refractivity contribution in [3.8, 4) is 44.9 Å². The number of fused-ring (bicyclic) bond motifs is 3. The first kappa shape index (κ1) is 15.7. The molecule has 0 saturated carbocycles. The molecule has 0 radical (unpaired) electrons. The predicted octanol–water partition coefficient (Wildman–Crippen LogP) is 13.3. The number of halogens is 1. The van der Waals surface area contributed by atoms with Crippen LogP contribution in [0.25, 0.3) is 66.8 Å². The zero-order valence-corrected chi connectivity index (χ0v) is 33.4. The van der Waals surface area contributed by atoms with E-state index in [0.29, 0.717) is 0 Å². The van der Waals surface area contributed by atoms with Gasteiger partial charge in [-0.25, -0.2) is 4.39 Å². The van der Waals surface area contributed by atoms with Crippen LogP contribution in [0.2, 0.25) is 0 Å². The Balaban J connectivity index is 0.0000123. The Labute approximate surface area is 437 Å². The monoisotopic (exact) mass is 1040 g/mol. The fraction of sp³-hybridized carbons (Fsp3) is 0.105. The van der Waals surface area contributed by atoms with Gasteiger partial charge in [0.1, 0.15) is 11.4 Å². The van der Waals surface area contributed by atoms with Crippen molar-refractivity contribution in [2.45, 2.75) is 38.2 Å². The number of aromatic nitrogens is 3. The summed E-state index contributed by atoms with van der Waals surface area (Å²) in [5.74, 6) is -1.69. The van der Waals surface area contributed by atoms with E-state index in [0.717, 1.165) is 0 Å². The second-order valence-electron chi connectivity index (χ2n) is 12.1. The van der Waals surface area contributed by atoms with Crippen LogP contribution in [0.1, 0.15) is 88.2 Å². The Morgan fingerprint density at radius 2 is 1.02 bits per heavy atom. The summed E-state index contributed by atoms with van der Waals surface area (Å²) < 4.78 is 378.